The molecule has 7 nitrogen and oxygen atoms in total. The number of allylic oxidation sites excluding steroid dienone is 1. The number of carbonyl (C=O) groups excluding carboxylic acids is 2. The van der Waals surface area contributed by atoms with Gasteiger partial charge in [-0.25, -0.2) is 4.68 Å². The van der Waals surface area contributed by atoms with Gasteiger partial charge in [0.25, 0.3) is 5.91 Å². The Morgan fingerprint density at radius 2 is 2.00 bits per heavy atom. The summed E-state index contributed by atoms with van der Waals surface area (Å²) in [6.07, 6.45) is 10.5. The smallest absolute Gasteiger partial charge is 0.259 e. The van der Waals surface area contributed by atoms with Gasteiger partial charge in [-0.1, -0.05) is 32.1 Å². The second-order valence-electron chi connectivity index (χ2n) is 11.5. The van der Waals surface area contributed by atoms with Crippen LogP contribution in [0.2, 0.25) is 0 Å². The van der Waals surface area contributed by atoms with Crippen LogP contribution in [-0.4, -0.2) is 33.7 Å². The maximum atomic E-state index is 13.3. The number of nitrogens with zero attached hydrogens (tertiary/aromatic N) is 2. The molecular formula is C28H35N5O2. The van der Waals surface area contributed by atoms with Gasteiger partial charge in [0, 0.05) is 30.4 Å². The van der Waals surface area contributed by atoms with Gasteiger partial charge < -0.3 is 16.4 Å². The Morgan fingerprint density at radius 1 is 1.29 bits per heavy atom. The van der Waals surface area contributed by atoms with Crippen LogP contribution in [0.4, 0.5) is 5.69 Å². The van der Waals surface area contributed by atoms with Crippen LogP contribution in [0.5, 0.6) is 0 Å². The van der Waals surface area contributed by atoms with Crippen LogP contribution < -0.4 is 16.4 Å². The molecule has 1 saturated carbocycles. The van der Waals surface area contributed by atoms with Crippen molar-refractivity contribution in [2.24, 2.45) is 11.1 Å². The van der Waals surface area contributed by atoms with Crippen molar-refractivity contribution in [1.82, 2.24) is 15.1 Å². The second-order valence-corrected chi connectivity index (χ2v) is 11.5. The first-order chi connectivity index (χ1) is 16.5. The Labute approximate surface area is 206 Å². The zero-order chi connectivity index (χ0) is 25.0. The third kappa shape index (κ3) is 4.96. The summed E-state index contributed by atoms with van der Waals surface area (Å²) in [4.78, 5) is 24.8. The van der Waals surface area contributed by atoms with Gasteiger partial charge in [0.1, 0.15) is 0 Å². The minimum absolute atomic E-state index is 0.0280. The van der Waals surface area contributed by atoms with Crippen molar-refractivity contribution in [2.75, 3.05) is 11.9 Å². The molecule has 1 aromatic carbocycles. The summed E-state index contributed by atoms with van der Waals surface area (Å²) in [5.41, 5.74) is 13.1. The average Bonchev–Trinajstić information content (AvgIpc) is 3.36. The van der Waals surface area contributed by atoms with Crippen molar-refractivity contribution in [1.29, 1.82) is 0 Å². The zero-order valence-electron chi connectivity index (χ0n) is 20.9. The van der Waals surface area contributed by atoms with E-state index in [4.69, 9.17) is 5.73 Å². The van der Waals surface area contributed by atoms with Crippen molar-refractivity contribution in [3.63, 3.8) is 0 Å². The number of aromatic nitrogens is 2. The molecule has 0 radical (unpaired) electrons. The Kier molecular flexibility index (Phi) is 5.71. The molecule has 2 heterocycles. The molecule has 2 amide bonds. The fraction of sp³-hybridized carbons (Fsp3) is 0.464. The molecular weight excluding hydrogens is 438 g/mol. The first-order valence-electron chi connectivity index (χ1n) is 12.4. The van der Waals surface area contributed by atoms with E-state index in [-0.39, 0.29) is 17.2 Å². The van der Waals surface area contributed by atoms with Gasteiger partial charge in [0.2, 0.25) is 5.91 Å². The highest BCUT2D eigenvalue weighted by atomic mass is 16.2. The van der Waals surface area contributed by atoms with Gasteiger partial charge >= 0.3 is 0 Å². The maximum Gasteiger partial charge on any atom is 0.259 e. The van der Waals surface area contributed by atoms with Crippen LogP contribution in [0.15, 0.2) is 36.6 Å². The van der Waals surface area contributed by atoms with Crippen LogP contribution >= 0.6 is 0 Å². The van der Waals surface area contributed by atoms with Gasteiger partial charge in [-0.05, 0) is 79.2 Å². The van der Waals surface area contributed by atoms with E-state index in [1.165, 1.54) is 29.5 Å². The molecule has 1 aromatic heterocycles. The van der Waals surface area contributed by atoms with Crippen LogP contribution in [0.3, 0.4) is 0 Å². The molecule has 184 valence electrons. The number of rotatable bonds is 7. The van der Waals surface area contributed by atoms with E-state index in [2.05, 4.69) is 48.3 Å². The predicted molar refractivity (Wildman–Crippen MR) is 138 cm³/mol. The SMILES string of the molecule is C=C(/C=C\n1ncc(C(=O)Nc2cc3c(cc2C2CC2)CC(C)(C)C3)c1C)C[C@]1(N)CNC(=O)C1. The highest BCUT2D eigenvalue weighted by Crippen LogP contribution is 2.47. The minimum Gasteiger partial charge on any atom is -0.354 e. The fourth-order valence-electron chi connectivity index (χ4n) is 5.49. The number of benzene rings is 1. The maximum absolute atomic E-state index is 13.3. The van der Waals surface area contributed by atoms with Crippen molar-refractivity contribution < 1.29 is 9.59 Å². The molecule has 0 bridgehead atoms. The summed E-state index contributed by atoms with van der Waals surface area (Å²) in [5, 5.41) is 10.4. The van der Waals surface area contributed by atoms with Crippen molar-refractivity contribution in [3.8, 4) is 0 Å². The highest BCUT2D eigenvalue weighted by molar-refractivity contribution is 6.05. The molecule has 1 saturated heterocycles. The molecule has 7 heteroatoms. The third-order valence-corrected chi connectivity index (χ3v) is 7.45. The zero-order valence-corrected chi connectivity index (χ0v) is 20.9. The number of anilines is 1. The number of fused-ring (bicyclic) bond motifs is 1. The minimum atomic E-state index is -0.604. The lowest BCUT2D eigenvalue weighted by atomic mass is 9.90. The first kappa shape index (κ1) is 23.5. The van der Waals surface area contributed by atoms with Gasteiger partial charge in [0.05, 0.1) is 17.5 Å². The summed E-state index contributed by atoms with van der Waals surface area (Å²) in [5.74, 6) is 0.379. The monoisotopic (exact) mass is 473 g/mol. The number of nitrogens with one attached hydrogen (secondary N) is 2. The molecule has 2 aromatic rings. The summed E-state index contributed by atoms with van der Waals surface area (Å²) in [6, 6.07) is 4.53. The largest absolute Gasteiger partial charge is 0.354 e. The lowest BCUT2D eigenvalue weighted by Crippen LogP contribution is -2.41. The van der Waals surface area contributed by atoms with Crippen LogP contribution in [0.25, 0.3) is 6.20 Å². The molecule has 0 spiro atoms. The standard InChI is InChI=1S/C28H35N5O2/c1-17(11-28(29)14-25(34)30-16-28)7-8-33-18(2)23(15-31-33)26(35)32-24-10-21-13-27(3,4)12-20(21)9-22(24)19-5-6-19/h7-10,15,19H,1,5-6,11-14,16,29H2,2-4H3,(H,30,34)(H,32,35)/b8-7-/t28-/m1/s1. The normalized spacial score (nSPS) is 22.9. The average molecular weight is 474 g/mol. The summed E-state index contributed by atoms with van der Waals surface area (Å²) < 4.78 is 1.67. The van der Waals surface area contributed by atoms with Gasteiger partial charge in [-0.3, -0.25) is 9.59 Å². The summed E-state index contributed by atoms with van der Waals surface area (Å²) >= 11 is 0. The Balaban J connectivity index is 1.30. The molecule has 1 atom stereocenters. The second kappa shape index (κ2) is 8.48. The number of hydrogen-bond donors (Lipinski definition) is 3. The molecule has 35 heavy (non-hydrogen) atoms. The van der Waals surface area contributed by atoms with Crippen molar-refractivity contribution in [2.45, 2.75) is 70.8 Å². The highest BCUT2D eigenvalue weighted by Gasteiger charge is 2.35. The Bertz CT molecular complexity index is 1250. The Hall–Kier alpha value is -3.19. The fourth-order valence-corrected chi connectivity index (χ4v) is 5.49. The molecule has 4 N–H and O–H groups in total. The lowest BCUT2D eigenvalue weighted by molar-refractivity contribution is -0.119. The van der Waals surface area contributed by atoms with E-state index in [1.54, 1.807) is 17.1 Å². The third-order valence-electron chi connectivity index (χ3n) is 7.45. The van der Waals surface area contributed by atoms with E-state index in [9.17, 15) is 9.59 Å². The first-order valence-corrected chi connectivity index (χ1v) is 12.4. The molecule has 2 aliphatic carbocycles. The van der Waals surface area contributed by atoms with E-state index in [1.807, 2.05) is 13.0 Å². The van der Waals surface area contributed by atoms with Crippen molar-refractivity contribution >= 4 is 23.7 Å². The number of hydrogen-bond acceptors (Lipinski definition) is 4. The molecule has 2 fully saturated rings. The van der Waals surface area contributed by atoms with Crippen LogP contribution in [0, 0.1) is 12.3 Å². The van der Waals surface area contributed by atoms with E-state index < -0.39 is 5.54 Å². The van der Waals surface area contributed by atoms with E-state index >= 15 is 0 Å². The summed E-state index contributed by atoms with van der Waals surface area (Å²) in [6.45, 7) is 11.0. The number of carbonyl (C=O) groups is 2. The summed E-state index contributed by atoms with van der Waals surface area (Å²) in [7, 11) is 0. The molecule has 1 aliphatic heterocycles. The quantitative estimate of drug-likeness (QED) is 0.527. The van der Waals surface area contributed by atoms with Crippen molar-refractivity contribution in [3.05, 3.63) is 64.5 Å². The predicted octanol–water partition coefficient (Wildman–Crippen LogP) is 4.08. The molecule has 5 rings (SSSR count). The van der Waals surface area contributed by atoms with E-state index in [0.717, 1.165) is 29.8 Å². The van der Waals surface area contributed by atoms with Gasteiger partial charge in [-0.2, -0.15) is 5.10 Å². The van der Waals surface area contributed by atoms with E-state index in [0.29, 0.717) is 30.9 Å². The van der Waals surface area contributed by atoms with Gasteiger partial charge in [-0.15, -0.1) is 0 Å². The van der Waals surface area contributed by atoms with Crippen LogP contribution in [0.1, 0.15) is 78.2 Å². The Morgan fingerprint density at radius 3 is 2.66 bits per heavy atom. The number of amides is 2. The van der Waals surface area contributed by atoms with Gasteiger partial charge in [0.15, 0.2) is 0 Å². The molecule has 0 unspecified atom stereocenters. The lowest BCUT2D eigenvalue weighted by Gasteiger charge is -2.21. The molecule has 3 aliphatic rings. The topological polar surface area (TPSA) is 102 Å². The van der Waals surface area contributed by atoms with Crippen LogP contribution in [-0.2, 0) is 17.6 Å². The number of nitrogens with two attached hydrogens (primary N) is 1.